The number of hydrogen-bond acceptors (Lipinski definition) is 2. The molecule has 17 heavy (non-hydrogen) atoms. The molecule has 0 aliphatic rings. The van der Waals surface area contributed by atoms with Gasteiger partial charge < -0.3 is 5.32 Å². The van der Waals surface area contributed by atoms with Crippen LogP contribution in [-0.4, -0.2) is 18.6 Å². The summed E-state index contributed by atoms with van der Waals surface area (Å²) in [5.74, 6) is 1.16. The van der Waals surface area contributed by atoms with Gasteiger partial charge in [-0.15, -0.1) is 0 Å². The highest BCUT2D eigenvalue weighted by molar-refractivity contribution is 7.98. The van der Waals surface area contributed by atoms with E-state index in [1.165, 1.54) is 37.5 Å². The van der Waals surface area contributed by atoms with Crippen LogP contribution in [0.4, 0.5) is 4.39 Å². The fourth-order valence-corrected chi connectivity index (χ4v) is 2.21. The Bertz CT molecular complexity index is 304. The molecule has 0 spiro atoms. The standard InChI is InChI=1S/C14H22FNS/c1-17-11-7-3-2-6-10-16-12-13-8-4-5-9-14(13)15/h4-5,8-9,16H,2-3,6-7,10-12H2,1H3. The van der Waals surface area contributed by atoms with E-state index < -0.39 is 0 Å². The minimum atomic E-state index is -0.111. The van der Waals surface area contributed by atoms with Crippen LogP contribution in [0.25, 0.3) is 0 Å². The van der Waals surface area contributed by atoms with Crippen molar-refractivity contribution < 1.29 is 4.39 Å². The van der Waals surface area contributed by atoms with Crippen LogP contribution in [0.1, 0.15) is 31.2 Å². The van der Waals surface area contributed by atoms with Crippen molar-refractivity contribution in [3.8, 4) is 0 Å². The van der Waals surface area contributed by atoms with Crippen LogP contribution < -0.4 is 5.32 Å². The summed E-state index contributed by atoms with van der Waals surface area (Å²) in [5, 5.41) is 3.29. The number of rotatable bonds is 9. The molecule has 0 unspecified atom stereocenters. The van der Waals surface area contributed by atoms with E-state index in [9.17, 15) is 4.39 Å². The van der Waals surface area contributed by atoms with Gasteiger partial charge in [-0.25, -0.2) is 4.39 Å². The van der Waals surface area contributed by atoms with E-state index in [4.69, 9.17) is 0 Å². The van der Waals surface area contributed by atoms with E-state index in [-0.39, 0.29) is 5.82 Å². The molecule has 1 N–H and O–H groups in total. The van der Waals surface area contributed by atoms with Gasteiger partial charge in [-0.1, -0.05) is 31.0 Å². The molecule has 0 fully saturated rings. The Hall–Kier alpha value is -0.540. The zero-order chi connectivity index (χ0) is 12.3. The Balaban J connectivity index is 1.99. The normalized spacial score (nSPS) is 10.7. The minimum Gasteiger partial charge on any atom is -0.313 e. The summed E-state index contributed by atoms with van der Waals surface area (Å²) in [6.45, 7) is 1.62. The van der Waals surface area contributed by atoms with Gasteiger partial charge in [0, 0.05) is 12.1 Å². The second kappa shape index (κ2) is 9.49. The second-order valence-corrected chi connectivity index (χ2v) is 5.16. The van der Waals surface area contributed by atoms with Gasteiger partial charge in [0.1, 0.15) is 5.82 Å². The zero-order valence-corrected chi connectivity index (χ0v) is 11.4. The van der Waals surface area contributed by atoms with Crippen LogP contribution in [0.3, 0.4) is 0 Å². The number of benzene rings is 1. The summed E-state index contributed by atoms with van der Waals surface area (Å²) in [4.78, 5) is 0. The fourth-order valence-electron chi connectivity index (χ4n) is 1.71. The van der Waals surface area contributed by atoms with Crippen LogP contribution in [0, 0.1) is 5.82 Å². The van der Waals surface area contributed by atoms with E-state index in [2.05, 4.69) is 11.6 Å². The maximum Gasteiger partial charge on any atom is 0.127 e. The molecule has 3 heteroatoms. The van der Waals surface area contributed by atoms with Gasteiger partial charge in [-0.2, -0.15) is 11.8 Å². The van der Waals surface area contributed by atoms with Crippen LogP contribution in [-0.2, 0) is 6.54 Å². The molecule has 0 heterocycles. The maximum atomic E-state index is 13.3. The Morgan fingerprint density at radius 1 is 1.12 bits per heavy atom. The zero-order valence-electron chi connectivity index (χ0n) is 10.5. The molecule has 0 atom stereocenters. The van der Waals surface area contributed by atoms with E-state index in [1.807, 2.05) is 23.9 Å². The molecule has 1 aromatic carbocycles. The van der Waals surface area contributed by atoms with E-state index in [1.54, 1.807) is 6.07 Å². The summed E-state index contributed by atoms with van der Waals surface area (Å²) in [6.07, 6.45) is 7.22. The number of nitrogens with one attached hydrogen (secondary N) is 1. The molecule has 0 amide bonds. The highest BCUT2D eigenvalue weighted by atomic mass is 32.2. The van der Waals surface area contributed by atoms with Crippen LogP contribution in [0.5, 0.6) is 0 Å². The van der Waals surface area contributed by atoms with E-state index >= 15 is 0 Å². The van der Waals surface area contributed by atoms with Gasteiger partial charge in [0.05, 0.1) is 0 Å². The molecule has 0 aliphatic carbocycles. The SMILES string of the molecule is CSCCCCCCNCc1ccccc1F. The summed E-state index contributed by atoms with van der Waals surface area (Å²) in [6, 6.07) is 6.95. The number of hydrogen-bond donors (Lipinski definition) is 1. The molecule has 0 bridgehead atoms. The van der Waals surface area contributed by atoms with Crippen molar-refractivity contribution in [3.05, 3.63) is 35.6 Å². The van der Waals surface area contributed by atoms with Crippen LogP contribution >= 0.6 is 11.8 Å². The third-order valence-corrected chi connectivity index (χ3v) is 3.42. The Kier molecular flexibility index (Phi) is 8.10. The summed E-state index contributed by atoms with van der Waals surface area (Å²) >= 11 is 1.91. The Labute approximate surface area is 108 Å². The fraction of sp³-hybridized carbons (Fsp3) is 0.571. The smallest absolute Gasteiger partial charge is 0.127 e. The molecule has 0 aliphatic heterocycles. The highest BCUT2D eigenvalue weighted by Crippen LogP contribution is 2.06. The first kappa shape index (κ1) is 14.5. The second-order valence-electron chi connectivity index (χ2n) is 4.18. The molecule has 0 radical (unpaired) electrons. The van der Waals surface area contributed by atoms with Crippen molar-refractivity contribution >= 4 is 11.8 Å². The average Bonchev–Trinajstić information content (AvgIpc) is 2.35. The third kappa shape index (κ3) is 6.69. The predicted molar refractivity (Wildman–Crippen MR) is 75.0 cm³/mol. The van der Waals surface area contributed by atoms with Crippen molar-refractivity contribution in [2.24, 2.45) is 0 Å². The largest absolute Gasteiger partial charge is 0.313 e. The Morgan fingerprint density at radius 3 is 2.65 bits per heavy atom. The lowest BCUT2D eigenvalue weighted by atomic mass is 10.2. The highest BCUT2D eigenvalue weighted by Gasteiger charge is 1.98. The molecule has 0 aromatic heterocycles. The van der Waals surface area contributed by atoms with Crippen molar-refractivity contribution in [2.75, 3.05) is 18.6 Å². The molecular formula is C14H22FNS. The quantitative estimate of drug-likeness (QED) is 0.673. The van der Waals surface area contributed by atoms with E-state index in [0.29, 0.717) is 6.54 Å². The van der Waals surface area contributed by atoms with Crippen LogP contribution in [0.2, 0.25) is 0 Å². The van der Waals surface area contributed by atoms with Gasteiger partial charge in [-0.3, -0.25) is 0 Å². The van der Waals surface area contributed by atoms with E-state index in [0.717, 1.165) is 12.1 Å². The first-order chi connectivity index (χ1) is 8.34. The van der Waals surface area contributed by atoms with Gasteiger partial charge in [-0.05, 0) is 37.5 Å². The Morgan fingerprint density at radius 2 is 1.88 bits per heavy atom. The van der Waals surface area contributed by atoms with Gasteiger partial charge in [0.25, 0.3) is 0 Å². The molecule has 1 rings (SSSR count). The molecule has 1 aromatic rings. The van der Waals surface area contributed by atoms with Gasteiger partial charge in [0.15, 0.2) is 0 Å². The number of thioether (sulfide) groups is 1. The first-order valence-electron chi connectivity index (χ1n) is 6.27. The maximum absolute atomic E-state index is 13.3. The van der Waals surface area contributed by atoms with Crippen molar-refractivity contribution in [1.29, 1.82) is 0 Å². The molecular weight excluding hydrogens is 233 g/mol. The lowest BCUT2D eigenvalue weighted by Crippen LogP contribution is -2.15. The van der Waals surface area contributed by atoms with Crippen molar-refractivity contribution in [2.45, 2.75) is 32.2 Å². The van der Waals surface area contributed by atoms with Gasteiger partial charge >= 0.3 is 0 Å². The molecule has 1 nitrogen and oxygen atoms in total. The molecule has 0 saturated carbocycles. The number of halogens is 1. The lowest BCUT2D eigenvalue weighted by Gasteiger charge is -2.05. The predicted octanol–water partition coefficient (Wildman–Crippen LogP) is 3.84. The van der Waals surface area contributed by atoms with Crippen molar-refractivity contribution in [1.82, 2.24) is 5.32 Å². The van der Waals surface area contributed by atoms with Crippen LogP contribution in [0.15, 0.2) is 24.3 Å². The summed E-state index contributed by atoms with van der Waals surface area (Å²) in [7, 11) is 0. The summed E-state index contributed by atoms with van der Waals surface area (Å²) in [5.41, 5.74) is 0.759. The molecule has 96 valence electrons. The summed E-state index contributed by atoms with van der Waals surface area (Å²) < 4.78 is 13.3. The van der Waals surface area contributed by atoms with Gasteiger partial charge in [0.2, 0.25) is 0 Å². The molecule has 0 saturated heterocycles. The monoisotopic (exact) mass is 255 g/mol. The average molecular weight is 255 g/mol. The topological polar surface area (TPSA) is 12.0 Å². The first-order valence-corrected chi connectivity index (χ1v) is 7.67. The minimum absolute atomic E-state index is 0.111. The third-order valence-electron chi connectivity index (χ3n) is 2.73. The lowest BCUT2D eigenvalue weighted by molar-refractivity contribution is 0.568. The number of unbranched alkanes of at least 4 members (excludes halogenated alkanes) is 3. The van der Waals surface area contributed by atoms with Crippen molar-refractivity contribution in [3.63, 3.8) is 0 Å².